The number of carbonyl (C=O) groups excluding carboxylic acids is 1. The fourth-order valence-electron chi connectivity index (χ4n) is 4.07. The van der Waals surface area contributed by atoms with E-state index in [1.165, 1.54) is 34.6 Å². The molecule has 5 heteroatoms. The number of amides is 1. The number of alkyl carbamates (subject to hydrolysis) is 1. The fourth-order valence-corrected chi connectivity index (χ4v) is 4.07. The van der Waals surface area contributed by atoms with Gasteiger partial charge in [-0.15, -0.1) is 0 Å². The zero-order valence-electron chi connectivity index (χ0n) is 17.1. The van der Waals surface area contributed by atoms with Gasteiger partial charge in [-0.3, -0.25) is 4.79 Å². The topological polar surface area (TPSA) is 68.5 Å². The molecule has 32 heavy (non-hydrogen) atoms. The Morgan fingerprint density at radius 3 is 2.44 bits per heavy atom. The number of rotatable bonds is 3. The number of ether oxygens (including phenoxy) is 1. The van der Waals surface area contributed by atoms with Crippen LogP contribution >= 0.6 is 0 Å². The van der Waals surface area contributed by atoms with E-state index in [9.17, 15) is 9.59 Å². The van der Waals surface area contributed by atoms with Crippen molar-refractivity contribution < 1.29 is 13.9 Å². The SMILES string of the molecule is O=C(NCC#Cc1ccc2occc(=O)c2c1)OCC1c2ccccc2-c2ccccc21. The Labute approximate surface area is 184 Å². The molecule has 4 aromatic rings. The van der Waals surface area contributed by atoms with E-state index in [-0.39, 0.29) is 24.5 Å². The van der Waals surface area contributed by atoms with Crippen LogP contribution in [0.4, 0.5) is 4.79 Å². The Bertz CT molecular complexity index is 1400. The van der Waals surface area contributed by atoms with Crippen LogP contribution < -0.4 is 10.7 Å². The molecule has 0 aliphatic heterocycles. The first-order chi connectivity index (χ1) is 15.7. The van der Waals surface area contributed by atoms with Gasteiger partial charge >= 0.3 is 6.09 Å². The molecule has 0 saturated heterocycles. The van der Waals surface area contributed by atoms with E-state index in [1.807, 2.05) is 24.3 Å². The third kappa shape index (κ3) is 3.75. The molecule has 0 unspecified atom stereocenters. The second-order valence-electron chi connectivity index (χ2n) is 7.48. The lowest BCUT2D eigenvalue weighted by molar-refractivity contribution is 0.144. The highest BCUT2D eigenvalue weighted by atomic mass is 16.5. The van der Waals surface area contributed by atoms with E-state index in [4.69, 9.17) is 9.15 Å². The van der Waals surface area contributed by atoms with Gasteiger partial charge in [0.25, 0.3) is 0 Å². The standard InChI is InChI=1S/C27H19NO4/c29-25-13-15-31-26-12-11-18(16-23(25)26)6-5-14-28-27(30)32-17-24-21-9-3-1-7-19(21)20-8-2-4-10-22(20)24/h1-4,7-13,15-16,24H,14,17H2,(H,28,30). The predicted molar refractivity (Wildman–Crippen MR) is 122 cm³/mol. The van der Waals surface area contributed by atoms with E-state index >= 15 is 0 Å². The molecule has 1 heterocycles. The fraction of sp³-hybridized carbons (Fsp3) is 0.111. The summed E-state index contributed by atoms with van der Waals surface area (Å²) in [5.74, 6) is 5.84. The van der Waals surface area contributed by atoms with Crippen molar-refractivity contribution in [2.75, 3.05) is 13.2 Å². The van der Waals surface area contributed by atoms with Crippen LogP contribution in [0.25, 0.3) is 22.1 Å². The lowest BCUT2D eigenvalue weighted by Crippen LogP contribution is -2.26. The van der Waals surface area contributed by atoms with Gasteiger partial charge in [-0.2, -0.15) is 0 Å². The van der Waals surface area contributed by atoms with Gasteiger partial charge in [-0.25, -0.2) is 4.79 Å². The second kappa shape index (κ2) is 8.44. The van der Waals surface area contributed by atoms with Crippen LogP contribution in [0.1, 0.15) is 22.6 Å². The highest BCUT2D eigenvalue weighted by Crippen LogP contribution is 2.44. The number of carbonyl (C=O) groups is 1. The quantitative estimate of drug-likeness (QED) is 0.488. The van der Waals surface area contributed by atoms with Gasteiger partial charge in [0.15, 0.2) is 5.43 Å². The number of hydrogen-bond donors (Lipinski definition) is 1. The molecule has 1 amide bonds. The van der Waals surface area contributed by atoms with Gasteiger partial charge in [0.05, 0.1) is 18.2 Å². The van der Waals surface area contributed by atoms with Crippen molar-refractivity contribution in [1.29, 1.82) is 0 Å². The summed E-state index contributed by atoms with van der Waals surface area (Å²) in [6.07, 6.45) is 0.856. The summed E-state index contributed by atoms with van der Waals surface area (Å²) >= 11 is 0. The zero-order valence-corrected chi connectivity index (χ0v) is 17.1. The van der Waals surface area contributed by atoms with Crippen LogP contribution in [0, 0.1) is 11.8 Å². The minimum absolute atomic E-state index is 0.0172. The molecule has 1 aliphatic carbocycles. The second-order valence-corrected chi connectivity index (χ2v) is 7.48. The Morgan fingerprint density at radius 2 is 1.69 bits per heavy atom. The first-order valence-corrected chi connectivity index (χ1v) is 10.3. The van der Waals surface area contributed by atoms with E-state index < -0.39 is 6.09 Å². The maximum Gasteiger partial charge on any atom is 0.407 e. The van der Waals surface area contributed by atoms with E-state index in [0.29, 0.717) is 16.5 Å². The van der Waals surface area contributed by atoms with Gasteiger partial charge in [0, 0.05) is 17.5 Å². The summed E-state index contributed by atoms with van der Waals surface area (Å²) in [6, 6.07) is 22.9. The Balaban J connectivity index is 1.20. The highest BCUT2D eigenvalue weighted by Gasteiger charge is 2.28. The Kier molecular flexibility index (Phi) is 5.19. The number of benzene rings is 3. The van der Waals surface area contributed by atoms with Crippen LogP contribution in [0.3, 0.4) is 0 Å². The third-order valence-electron chi connectivity index (χ3n) is 5.56. The summed E-state index contributed by atoms with van der Waals surface area (Å²) in [4.78, 5) is 24.1. The van der Waals surface area contributed by atoms with Gasteiger partial charge in [-0.1, -0.05) is 60.4 Å². The summed E-state index contributed by atoms with van der Waals surface area (Å²) in [5.41, 5.74) is 5.78. The molecule has 156 valence electrons. The van der Waals surface area contributed by atoms with Gasteiger partial charge in [-0.05, 0) is 40.5 Å². The van der Waals surface area contributed by atoms with E-state index in [1.54, 1.807) is 18.2 Å². The molecular formula is C27H19NO4. The molecule has 1 aromatic heterocycles. The van der Waals surface area contributed by atoms with Crippen molar-refractivity contribution in [2.45, 2.75) is 5.92 Å². The Hall–Kier alpha value is -4.30. The molecule has 5 rings (SSSR count). The average Bonchev–Trinajstić information content (AvgIpc) is 3.15. The van der Waals surface area contributed by atoms with Crippen molar-refractivity contribution in [2.24, 2.45) is 0 Å². The molecular weight excluding hydrogens is 402 g/mol. The summed E-state index contributed by atoms with van der Waals surface area (Å²) < 4.78 is 10.8. The van der Waals surface area contributed by atoms with Crippen LogP contribution in [0.5, 0.6) is 0 Å². The zero-order chi connectivity index (χ0) is 21.9. The lowest BCUT2D eigenvalue weighted by atomic mass is 9.98. The van der Waals surface area contributed by atoms with Crippen molar-refractivity contribution in [3.8, 4) is 23.0 Å². The van der Waals surface area contributed by atoms with Crippen LogP contribution in [0.2, 0.25) is 0 Å². The number of nitrogens with one attached hydrogen (secondary N) is 1. The molecule has 0 bridgehead atoms. The van der Waals surface area contributed by atoms with Crippen molar-refractivity contribution in [3.63, 3.8) is 0 Å². The first kappa shape index (κ1) is 19.7. The number of hydrogen-bond acceptors (Lipinski definition) is 4. The van der Waals surface area contributed by atoms with Crippen molar-refractivity contribution in [1.82, 2.24) is 5.32 Å². The predicted octanol–water partition coefficient (Wildman–Crippen LogP) is 4.68. The van der Waals surface area contributed by atoms with Gasteiger partial charge < -0.3 is 14.5 Å². The highest BCUT2D eigenvalue weighted by molar-refractivity contribution is 5.79. The third-order valence-corrected chi connectivity index (χ3v) is 5.56. The average molecular weight is 421 g/mol. The molecule has 5 nitrogen and oxygen atoms in total. The van der Waals surface area contributed by atoms with Crippen molar-refractivity contribution >= 4 is 17.1 Å². The molecule has 0 fully saturated rings. The van der Waals surface area contributed by atoms with Crippen molar-refractivity contribution in [3.05, 3.63) is 106 Å². The lowest BCUT2D eigenvalue weighted by Gasteiger charge is -2.14. The van der Waals surface area contributed by atoms with Gasteiger partial charge in [0.2, 0.25) is 0 Å². The van der Waals surface area contributed by atoms with E-state index in [2.05, 4.69) is 41.4 Å². The minimum Gasteiger partial charge on any atom is -0.464 e. The maximum absolute atomic E-state index is 12.2. The largest absolute Gasteiger partial charge is 0.464 e. The van der Waals surface area contributed by atoms with Crippen LogP contribution in [-0.4, -0.2) is 19.2 Å². The molecule has 0 radical (unpaired) electrons. The molecule has 1 aliphatic rings. The summed E-state index contributed by atoms with van der Waals surface area (Å²) in [7, 11) is 0. The van der Waals surface area contributed by atoms with Crippen LogP contribution in [0.15, 0.2) is 88.3 Å². The summed E-state index contributed by atoms with van der Waals surface area (Å²) in [6.45, 7) is 0.395. The van der Waals surface area contributed by atoms with Gasteiger partial charge in [0.1, 0.15) is 12.2 Å². The monoisotopic (exact) mass is 421 g/mol. The minimum atomic E-state index is -0.514. The number of fused-ring (bicyclic) bond motifs is 4. The molecule has 3 aromatic carbocycles. The normalized spacial score (nSPS) is 11.9. The van der Waals surface area contributed by atoms with E-state index in [0.717, 1.165) is 0 Å². The van der Waals surface area contributed by atoms with Crippen LogP contribution in [-0.2, 0) is 4.74 Å². The smallest absolute Gasteiger partial charge is 0.407 e. The molecule has 0 atom stereocenters. The molecule has 0 spiro atoms. The molecule has 0 saturated carbocycles. The Morgan fingerprint density at radius 1 is 0.969 bits per heavy atom. The summed E-state index contributed by atoms with van der Waals surface area (Å²) in [5, 5.41) is 3.13. The molecule has 1 N–H and O–H groups in total. The first-order valence-electron chi connectivity index (χ1n) is 10.3. The maximum atomic E-state index is 12.2.